The summed E-state index contributed by atoms with van der Waals surface area (Å²) < 4.78 is 20.1. The van der Waals surface area contributed by atoms with E-state index in [9.17, 15) is 19.2 Å². The first kappa shape index (κ1) is 32.5. The van der Waals surface area contributed by atoms with Crippen molar-refractivity contribution in [3.05, 3.63) is 12.7 Å². The predicted molar refractivity (Wildman–Crippen MR) is 152 cm³/mol. The molecule has 0 aromatic carbocycles. The Labute approximate surface area is 243 Å². The number of esters is 1. The van der Waals surface area contributed by atoms with Crippen LogP contribution in [0.5, 0.6) is 0 Å². The van der Waals surface area contributed by atoms with Gasteiger partial charge in [-0.1, -0.05) is 58.4 Å². The number of carbonyl (C=O) groups excluding carboxylic acids is 4. The van der Waals surface area contributed by atoms with Crippen LogP contribution in [0.2, 0.25) is 0 Å². The molecule has 0 bridgehead atoms. The van der Waals surface area contributed by atoms with Gasteiger partial charge in [0, 0.05) is 24.2 Å². The van der Waals surface area contributed by atoms with E-state index in [-0.39, 0.29) is 31.3 Å². The molecule has 0 spiro atoms. The van der Waals surface area contributed by atoms with Crippen LogP contribution in [0.3, 0.4) is 0 Å². The van der Waals surface area contributed by atoms with E-state index >= 15 is 0 Å². The van der Waals surface area contributed by atoms with E-state index < -0.39 is 31.0 Å². The Hall–Kier alpha value is -2.98. The maximum absolute atomic E-state index is 12.3. The average Bonchev–Trinajstić information content (AvgIpc) is 2.95. The van der Waals surface area contributed by atoms with Gasteiger partial charge in [-0.05, 0) is 62.7 Å². The second kappa shape index (κ2) is 17.7. The molecule has 3 N–H and O–H groups in total. The highest BCUT2D eigenvalue weighted by molar-refractivity contribution is 5.81. The fourth-order valence-electron chi connectivity index (χ4n) is 6.63. The minimum absolute atomic E-state index is 0.000323. The van der Waals surface area contributed by atoms with E-state index in [0.717, 1.165) is 89.5 Å². The first-order chi connectivity index (χ1) is 19.8. The Kier molecular flexibility index (Phi) is 14.1. The minimum Gasteiger partial charge on any atom is -0.459 e. The summed E-state index contributed by atoms with van der Waals surface area (Å²) in [5.41, 5.74) is 0. The van der Waals surface area contributed by atoms with Crippen LogP contribution in [0, 0.1) is 17.8 Å². The summed E-state index contributed by atoms with van der Waals surface area (Å²) in [6, 6.07) is 0.220. The van der Waals surface area contributed by atoms with E-state index in [4.69, 9.17) is 18.9 Å². The van der Waals surface area contributed by atoms with Gasteiger partial charge in [0.2, 0.25) is 6.79 Å². The zero-order valence-electron chi connectivity index (χ0n) is 24.5. The molecule has 0 saturated heterocycles. The highest BCUT2D eigenvalue weighted by Crippen LogP contribution is 2.35. The molecule has 6 atom stereocenters. The number of carbonyl (C=O) groups is 4. The SMILES string of the molecule is C=CC(=O)OCCOC(=O)NC1CCCC(CC2CCCC(NC(=O)OCOC(=O)NC3CCCC(CC)C3)C2)C1. The lowest BCUT2D eigenvalue weighted by molar-refractivity contribution is -0.138. The third-order valence-electron chi connectivity index (χ3n) is 8.67. The minimum atomic E-state index is -0.563. The zero-order chi connectivity index (χ0) is 29.5. The molecule has 3 amide bonds. The van der Waals surface area contributed by atoms with Gasteiger partial charge in [-0.25, -0.2) is 19.2 Å². The monoisotopic (exact) mass is 579 g/mol. The normalized spacial score (nSPS) is 27.9. The van der Waals surface area contributed by atoms with Crippen LogP contribution in [-0.4, -0.2) is 62.4 Å². The molecule has 3 saturated carbocycles. The number of hydrogen-bond acceptors (Lipinski definition) is 8. The molecule has 0 radical (unpaired) electrons. The second-order valence-electron chi connectivity index (χ2n) is 11.8. The number of amides is 3. The van der Waals surface area contributed by atoms with Crippen molar-refractivity contribution in [1.29, 1.82) is 0 Å². The first-order valence-electron chi connectivity index (χ1n) is 15.4. The molecule has 0 aromatic rings. The van der Waals surface area contributed by atoms with Crippen LogP contribution in [0.25, 0.3) is 0 Å². The van der Waals surface area contributed by atoms with Gasteiger partial charge in [0.15, 0.2) is 0 Å². The molecule has 11 nitrogen and oxygen atoms in total. The van der Waals surface area contributed by atoms with Crippen LogP contribution in [0.4, 0.5) is 14.4 Å². The summed E-state index contributed by atoms with van der Waals surface area (Å²) in [6.07, 6.45) is 13.8. The van der Waals surface area contributed by atoms with Crippen molar-refractivity contribution in [3.63, 3.8) is 0 Å². The Bertz CT molecular complexity index is 869. The molecule has 3 aliphatic rings. The zero-order valence-corrected chi connectivity index (χ0v) is 24.5. The number of hydrogen-bond donors (Lipinski definition) is 3. The summed E-state index contributed by atoms with van der Waals surface area (Å²) in [7, 11) is 0. The lowest BCUT2D eigenvalue weighted by Gasteiger charge is -2.35. The Morgan fingerprint density at radius 1 is 0.659 bits per heavy atom. The Morgan fingerprint density at radius 3 is 1.59 bits per heavy atom. The highest BCUT2D eigenvalue weighted by Gasteiger charge is 2.30. The summed E-state index contributed by atoms with van der Waals surface area (Å²) in [4.78, 5) is 47.6. The molecule has 0 aliphatic heterocycles. The van der Waals surface area contributed by atoms with Crippen molar-refractivity contribution in [2.45, 2.75) is 115 Å². The molecular weight excluding hydrogens is 530 g/mol. The molecule has 0 aromatic heterocycles. The summed E-state index contributed by atoms with van der Waals surface area (Å²) in [5, 5.41) is 8.77. The molecule has 0 heterocycles. The van der Waals surface area contributed by atoms with E-state index in [2.05, 4.69) is 29.5 Å². The molecule has 3 rings (SSSR count). The van der Waals surface area contributed by atoms with Gasteiger partial charge < -0.3 is 34.9 Å². The van der Waals surface area contributed by atoms with E-state index in [0.29, 0.717) is 17.8 Å². The smallest absolute Gasteiger partial charge is 0.410 e. The van der Waals surface area contributed by atoms with Gasteiger partial charge in [0.05, 0.1) is 0 Å². The maximum Gasteiger partial charge on any atom is 0.410 e. The van der Waals surface area contributed by atoms with Crippen LogP contribution in [-0.2, 0) is 23.7 Å². The number of ether oxygens (including phenoxy) is 4. The molecule has 3 aliphatic carbocycles. The average molecular weight is 580 g/mol. The van der Waals surface area contributed by atoms with Gasteiger partial charge in [-0.15, -0.1) is 0 Å². The van der Waals surface area contributed by atoms with Crippen molar-refractivity contribution in [2.75, 3.05) is 20.0 Å². The third-order valence-corrected chi connectivity index (χ3v) is 8.67. The predicted octanol–water partition coefficient (Wildman–Crippen LogP) is 5.33. The quantitative estimate of drug-likeness (QED) is 0.0926. The van der Waals surface area contributed by atoms with E-state index in [1.165, 1.54) is 6.42 Å². The van der Waals surface area contributed by atoms with Gasteiger partial charge >= 0.3 is 24.2 Å². The molecule has 41 heavy (non-hydrogen) atoms. The largest absolute Gasteiger partial charge is 0.459 e. The highest BCUT2D eigenvalue weighted by atomic mass is 16.7. The molecule has 11 heteroatoms. The van der Waals surface area contributed by atoms with Crippen molar-refractivity contribution >= 4 is 24.2 Å². The van der Waals surface area contributed by atoms with E-state index in [1.54, 1.807) is 0 Å². The van der Waals surface area contributed by atoms with Gasteiger partial charge in [0.1, 0.15) is 13.2 Å². The Morgan fingerprint density at radius 2 is 1.10 bits per heavy atom. The maximum atomic E-state index is 12.3. The lowest BCUT2D eigenvalue weighted by Crippen LogP contribution is -2.41. The van der Waals surface area contributed by atoms with Crippen LogP contribution >= 0.6 is 0 Å². The lowest BCUT2D eigenvalue weighted by atomic mass is 9.75. The van der Waals surface area contributed by atoms with Crippen LogP contribution in [0.1, 0.15) is 96.8 Å². The van der Waals surface area contributed by atoms with Crippen LogP contribution in [0.15, 0.2) is 12.7 Å². The standard InChI is InChI=1S/C30H49N3O8/c1-3-21-8-5-11-24(17-21)32-29(36)40-20-41-30(37)33-26-13-7-10-23(19-26)16-22-9-6-12-25(18-22)31-28(35)39-15-14-38-27(34)4-2/h4,21-26H,2-3,5-20H2,1H3,(H,31,35)(H,32,36)(H,33,37). The van der Waals surface area contributed by atoms with Crippen LogP contribution < -0.4 is 16.0 Å². The number of rotatable bonds is 12. The van der Waals surface area contributed by atoms with Crippen molar-refractivity contribution < 1.29 is 38.1 Å². The summed E-state index contributed by atoms with van der Waals surface area (Å²) >= 11 is 0. The molecule has 232 valence electrons. The van der Waals surface area contributed by atoms with E-state index in [1.807, 2.05) is 0 Å². The Balaban J connectivity index is 1.28. The van der Waals surface area contributed by atoms with Crippen molar-refractivity contribution in [1.82, 2.24) is 16.0 Å². The van der Waals surface area contributed by atoms with Gasteiger partial charge in [0.25, 0.3) is 0 Å². The second-order valence-corrected chi connectivity index (χ2v) is 11.8. The molecule has 3 fully saturated rings. The van der Waals surface area contributed by atoms with Gasteiger partial charge in [-0.3, -0.25) is 0 Å². The fraction of sp³-hybridized carbons (Fsp3) is 0.800. The van der Waals surface area contributed by atoms with Crippen molar-refractivity contribution in [2.24, 2.45) is 17.8 Å². The topological polar surface area (TPSA) is 141 Å². The fourth-order valence-corrected chi connectivity index (χ4v) is 6.63. The summed E-state index contributed by atoms with van der Waals surface area (Å²) in [5.74, 6) is 1.09. The van der Waals surface area contributed by atoms with Crippen molar-refractivity contribution in [3.8, 4) is 0 Å². The molecular formula is C30H49N3O8. The first-order valence-corrected chi connectivity index (χ1v) is 15.4. The molecule has 6 unspecified atom stereocenters. The number of nitrogens with one attached hydrogen (secondary N) is 3. The summed E-state index contributed by atoms with van der Waals surface area (Å²) in [6.45, 7) is 5.08. The van der Waals surface area contributed by atoms with Gasteiger partial charge in [-0.2, -0.15) is 0 Å². The number of alkyl carbamates (subject to hydrolysis) is 3. The third kappa shape index (κ3) is 12.6.